The molecule has 1 atom stereocenters. The van der Waals surface area contributed by atoms with Crippen LogP contribution >= 0.6 is 23.4 Å². The number of hydrogen-bond acceptors (Lipinski definition) is 6. The van der Waals surface area contributed by atoms with E-state index in [1.165, 1.54) is 11.8 Å². The number of nitrogens with zero attached hydrogens (tertiary/aromatic N) is 2. The smallest absolute Gasteiger partial charge is 0.346 e. The molecule has 1 aromatic carbocycles. The highest BCUT2D eigenvalue weighted by molar-refractivity contribution is 8.00. The summed E-state index contributed by atoms with van der Waals surface area (Å²) in [6.07, 6.45) is 2.22. The summed E-state index contributed by atoms with van der Waals surface area (Å²) >= 11 is 7.35. The maximum Gasteiger partial charge on any atom is 0.346 e. The molecule has 1 saturated heterocycles. The van der Waals surface area contributed by atoms with Crippen LogP contribution in [0.2, 0.25) is 5.02 Å². The zero-order valence-electron chi connectivity index (χ0n) is 15.5. The van der Waals surface area contributed by atoms with Crippen LogP contribution in [-0.2, 0) is 9.53 Å². The lowest BCUT2D eigenvalue weighted by molar-refractivity contribution is -0.134. The van der Waals surface area contributed by atoms with Gasteiger partial charge in [-0.25, -0.2) is 9.78 Å². The molecule has 0 N–H and O–H groups in total. The molecule has 1 amide bonds. The van der Waals surface area contributed by atoms with Crippen LogP contribution in [0.4, 0.5) is 0 Å². The van der Waals surface area contributed by atoms with Gasteiger partial charge in [-0.1, -0.05) is 42.4 Å². The van der Waals surface area contributed by atoms with E-state index in [9.17, 15) is 9.59 Å². The fraction of sp³-hybridized carbons (Fsp3) is 0.350. The summed E-state index contributed by atoms with van der Waals surface area (Å²) in [5.41, 5.74) is 0.306. The molecule has 2 heterocycles. The number of aromatic nitrogens is 1. The number of benzene rings is 1. The Bertz CT molecular complexity index is 842. The fourth-order valence-corrected chi connectivity index (χ4v) is 4.01. The van der Waals surface area contributed by atoms with Crippen molar-refractivity contribution >= 4 is 35.2 Å². The van der Waals surface area contributed by atoms with Crippen molar-refractivity contribution in [2.24, 2.45) is 0 Å². The van der Waals surface area contributed by atoms with Crippen molar-refractivity contribution in [3.63, 3.8) is 0 Å². The topological polar surface area (TPSA) is 68.7 Å². The first kappa shape index (κ1) is 20.6. The maximum absolute atomic E-state index is 12.8. The average Bonchev–Trinajstić information content (AvgIpc) is 2.74. The van der Waals surface area contributed by atoms with Gasteiger partial charge in [0.1, 0.15) is 10.8 Å². The third-order valence-corrected chi connectivity index (χ3v) is 5.93. The third-order valence-electron chi connectivity index (χ3n) is 4.25. The highest BCUT2D eigenvalue weighted by Gasteiger charge is 2.27. The van der Waals surface area contributed by atoms with Gasteiger partial charge >= 0.3 is 5.97 Å². The van der Waals surface area contributed by atoms with E-state index in [2.05, 4.69) is 4.98 Å². The fourth-order valence-electron chi connectivity index (χ4n) is 2.75. The van der Waals surface area contributed by atoms with E-state index in [1.807, 2.05) is 6.92 Å². The molecule has 1 aliphatic heterocycles. The Hall–Kier alpha value is -2.09. The Morgan fingerprint density at radius 1 is 1.25 bits per heavy atom. The molecule has 148 valence electrons. The van der Waals surface area contributed by atoms with E-state index < -0.39 is 5.97 Å². The minimum atomic E-state index is -0.558. The Morgan fingerprint density at radius 3 is 2.71 bits per heavy atom. The Kier molecular flexibility index (Phi) is 7.30. The summed E-state index contributed by atoms with van der Waals surface area (Å²) in [6, 6.07) is 10.1. The van der Waals surface area contributed by atoms with Crippen molar-refractivity contribution in [1.82, 2.24) is 9.88 Å². The largest absolute Gasteiger partial charge is 0.421 e. The van der Waals surface area contributed by atoms with E-state index in [0.29, 0.717) is 48.3 Å². The van der Waals surface area contributed by atoms with Crippen LogP contribution in [-0.4, -0.2) is 53.3 Å². The first-order valence-corrected chi connectivity index (χ1v) is 10.3. The van der Waals surface area contributed by atoms with Gasteiger partial charge in [0, 0.05) is 19.3 Å². The molecule has 1 fully saturated rings. The molecule has 0 radical (unpaired) electrons. The van der Waals surface area contributed by atoms with Crippen LogP contribution in [0.15, 0.2) is 47.6 Å². The van der Waals surface area contributed by atoms with Crippen LogP contribution < -0.4 is 4.74 Å². The molecule has 1 aromatic heterocycles. The van der Waals surface area contributed by atoms with E-state index >= 15 is 0 Å². The van der Waals surface area contributed by atoms with Crippen molar-refractivity contribution in [3.8, 4) is 5.75 Å². The lowest BCUT2D eigenvalue weighted by atomic mass is 10.2. The van der Waals surface area contributed by atoms with Gasteiger partial charge in [-0.15, -0.1) is 0 Å². The SMILES string of the molecule is CC[C@H](Sc1ncccc1C(=O)Oc1ccccc1Cl)C(=O)N1CCOCC1. The molecule has 6 nitrogen and oxygen atoms in total. The number of halogens is 1. The van der Waals surface area contributed by atoms with Crippen LogP contribution in [0.25, 0.3) is 0 Å². The van der Waals surface area contributed by atoms with Gasteiger partial charge in [-0.2, -0.15) is 0 Å². The van der Waals surface area contributed by atoms with Crippen molar-refractivity contribution in [2.45, 2.75) is 23.6 Å². The van der Waals surface area contributed by atoms with Gasteiger partial charge in [-0.05, 0) is 30.7 Å². The molecule has 28 heavy (non-hydrogen) atoms. The summed E-state index contributed by atoms with van der Waals surface area (Å²) in [7, 11) is 0. The number of thioether (sulfide) groups is 1. The molecule has 0 aliphatic carbocycles. The summed E-state index contributed by atoms with van der Waals surface area (Å²) in [5, 5.41) is 0.482. The molecule has 2 aromatic rings. The highest BCUT2D eigenvalue weighted by Crippen LogP contribution is 2.30. The molecule has 0 bridgehead atoms. The molecule has 3 rings (SSSR count). The summed E-state index contributed by atoms with van der Waals surface area (Å²) < 4.78 is 10.7. The van der Waals surface area contributed by atoms with Crippen molar-refractivity contribution in [2.75, 3.05) is 26.3 Å². The highest BCUT2D eigenvalue weighted by atomic mass is 35.5. The molecular formula is C20H21ClN2O4S. The Morgan fingerprint density at radius 2 is 2.00 bits per heavy atom. The minimum Gasteiger partial charge on any atom is -0.421 e. The van der Waals surface area contributed by atoms with Crippen molar-refractivity contribution in [1.29, 1.82) is 0 Å². The number of para-hydroxylation sites is 1. The number of ether oxygens (including phenoxy) is 2. The lowest BCUT2D eigenvalue weighted by Crippen LogP contribution is -2.44. The lowest BCUT2D eigenvalue weighted by Gasteiger charge is -2.29. The number of carbonyl (C=O) groups is 2. The second-order valence-electron chi connectivity index (χ2n) is 6.13. The molecule has 8 heteroatoms. The third kappa shape index (κ3) is 5.04. The molecule has 1 aliphatic rings. The van der Waals surface area contributed by atoms with E-state index in [4.69, 9.17) is 21.1 Å². The number of hydrogen-bond donors (Lipinski definition) is 0. The monoisotopic (exact) mass is 420 g/mol. The van der Waals surface area contributed by atoms with Crippen LogP contribution in [0.3, 0.4) is 0 Å². The number of esters is 1. The van der Waals surface area contributed by atoms with Gasteiger partial charge < -0.3 is 14.4 Å². The van der Waals surface area contributed by atoms with Gasteiger partial charge in [0.15, 0.2) is 0 Å². The minimum absolute atomic E-state index is 0.0341. The number of amides is 1. The Labute approximate surface area is 173 Å². The molecule has 0 spiro atoms. The molecule has 0 saturated carbocycles. The van der Waals surface area contributed by atoms with Gasteiger partial charge in [0.25, 0.3) is 0 Å². The number of carbonyl (C=O) groups excluding carboxylic acids is 2. The van der Waals surface area contributed by atoms with Crippen molar-refractivity contribution in [3.05, 3.63) is 53.2 Å². The van der Waals surface area contributed by atoms with Gasteiger partial charge in [0.05, 0.1) is 29.0 Å². The van der Waals surface area contributed by atoms with E-state index in [-0.39, 0.29) is 16.9 Å². The standard InChI is InChI=1S/C20H21ClN2O4S/c1-2-17(19(24)23-10-12-26-13-11-23)28-18-14(6-5-9-22-18)20(25)27-16-8-4-3-7-15(16)21/h3-9,17H,2,10-13H2,1H3/t17-/m0/s1. The summed E-state index contributed by atoms with van der Waals surface area (Å²) in [6.45, 7) is 4.21. The summed E-state index contributed by atoms with van der Waals surface area (Å²) in [5.74, 6) is -0.241. The molecule has 0 unspecified atom stereocenters. The first-order chi connectivity index (χ1) is 13.6. The zero-order chi connectivity index (χ0) is 19.9. The van der Waals surface area contributed by atoms with E-state index in [1.54, 1.807) is 47.5 Å². The second kappa shape index (κ2) is 9.91. The normalized spacial score (nSPS) is 15.1. The van der Waals surface area contributed by atoms with E-state index in [0.717, 1.165) is 0 Å². The first-order valence-electron chi connectivity index (χ1n) is 9.05. The van der Waals surface area contributed by atoms with Gasteiger partial charge in [-0.3, -0.25) is 4.79 Å². The van der Waals surface area contributed by atoms with Crippen LogP contribution in [0, 0.1) is 0 Å². The number of pyridine rings is 1. The summed E-state index contributed by atoms with van der Waals surface area (Å²) in [4.78, 5) is 31.6. The van der Waals surface area contributed by atoms with Crippen LogP contribution in [0.1, 0.15) is 23.7 Å². The second-order valence-corrected chi connectivity index (χ2v) is 7.73. The Balaban J connectivity index is 1.76. The maximum atomic E-state index is 12.8. The predicted molar refractivity (Wildman–Crippen MR) is 108 cm³/mol. The zero-order valence-corrected chi connectivity index (χ0v) is 17.0. The van der Waals surface area contributed by atoms with Crippen LogP contribution in [0.5, 0.6) is 5.75 Å². The van der Waals surface area contributed by atoms with Gasteiger partial charge in [0.2, 0.25) is 5.91 Å². The predicted octanol–water partition coefficient (Wildman–Crippen LogP) is 3.68. The molecular weight excluding hydrogens is 400 g/mol. The van der Waals surface area contributed by atoms with Crippen molar-refractivity contribution < 1.29 is 19.1 Å². The quantitative estimate of drug-likeness (QED) is 0.403. The number of rotatable bonds is 6. The average molecular weight is 421 g/mol. The number of morpholine rings is 1.